The molecule has 0 amide bonds. The summed E-state index contributed by atoms with van der Waals surface area (Å²) in [4.78, 5) is 4.08. The molecule has 13 heavy (non-hydrogen) atoms. The summed E-state index contributed by atoms with van der Waals surface area (Å²) in [6, 6.07) is 0. The van der Waals surface area contributed by atoms with E-state index >= 15 is 0 Å². The standard InChI is InChI=1S/C9H13ClN2O/c10-9-12-8(6-13-9)4-7-2-1-3-11-5-7/h6-7,11H,1-5H2. The molecule has 3 nitrogen and oxygen atoms in total. The predicted octanol–water partition coefficient (Wildman–Crippen LogP) is 1.87. The van der Waals surface area contributed by atoms with Gasteiger partial charge in [0.25, 0.3) is 5.35 Å². The SMILES string of the molecule is Clc1nc(CC2CCCNC2)co1. The molecular formula is C9H13ClN2O. The second kappa shape index (κ2) is 4.11. The number of nitrogens with one attached hydrogen (secondary N) is 1. The number of halogens is 1. The van der Waals surface area contributed by atoms with Gasteiger partial charge in [0, 0.05) is 0 Å². The van der Waals surface area contributed by atoms with Gasteiger partial charge in [0.15, 0.2) is 0 Å². The summed E-state index contributed by atoms with van der Waals surface area (Å²) < 4.78 is 4.94. The maximum absolute atomic E-state index is 5.58. The van der Waals surface area contributed by atoms with E-state index in [9.17, 15) is 0 Å². The summed E-state index contributed by atoms with van der Waals surface area (Å²) in [5.41, 5.74) is 0.971. The van der Waals surface area contributed by atoms with Gasteiger partial charge >= 0.3 is 0 Å². The Balaban J connectivity index is 1.89. The van der Waals surface area contributed by atoms with Gasteiger partial charge in [-0.05, 0) is 49.9 Å². The van der Waals surface area contributed by atoms with E-state index in [1.54, 1.807) is 6.26 Å². The Morgan fingerprint density at radius 1 is 1.69 bits per heavy atom. The summed E-state index contributed by atoms with van der Waals surface area (Å²) in [5, 5.41) is 3.62. The Kier molecular flexibility index (Phi) is 2.86. The molecule has 0 bridgehead atoms. The summed E-state index contributed by atoms with van der Waals surface area (Å²) in [6.45, 7) is 2.24. The summed E-state index contributed by atoms with van der Waals surface area (Å²) >= 11 is 5.58. The minimum Gasteiger partial charge on any atom is -0.436 e. The highest BCUT2D eigenvalue weighted by molar-refractivity contribution is 6.27. The molecular weight excluding hydrogens is 188 g/mol. The number of rotatable bonds is 2. The molecule has 0 aliphatic carbocycles. The van der Waals surface area contributed by atoms with Crippen molar-refractivity contribution in [3.05, 3.63) is 17.3 Å². The van der Waals surface area contributed by atoms with Gasteiger partial charge in [0.2, 0.25) is 0 Å². The minimum absolute atomic E-state index is 0.249. The van der Waals surface area contributed by atoms with Crippen LogP contribution in [0.4, 0.5) is 0 Å². The molecule has 4 heteroatoms. The Labute approximate surface area is 82.5 Å². The fourth-order valence-corrected chi connectivity index (χ4v) is 1.92. The molecule has 1 N–H and O–H groups in total. The topological polar surface area (TPSA) is 38.1 Å². The Morgan fingerprint density at radius 2 is 2.62 bits per heavy atom. The van der Waals surface area contributed by atoms with E-state index in [4.69, 9.17) is 16.0 Å². The van der Waals surface area contributed by atoms with Crippen LogP contribution in [0.2, 0.25) is 5.35 Å². The van der Waals surface area contributed by atoms with Crippen molar-refractivity contribution in [1.29, 1.82) is 0 Å². The molecule has 0 saturated carbocycles. The van der Waals surface area contributed by atoms with E-state index in [0.717, 1.165) is 25.2 Å². The number of oxazole rings is 1. The van der Waals surface area contributed by atoms with Crippen molar-refractivity contribution in [3.8, 4) is 0 Å². The maximum Gasteiger partial charge on any atom is 0.292 e. The van der Waals surface area contributed by atoms with Gasteiger partial charge in [-0.15, -0.1) is 0 Å². The van der Waals surface area contributed by atoms with Crippen LogP contribution in [0.1, 0.15) is 18.5 Å². The third-order valence-electron chi connectivity index (χ3n) is 2.42. The molecule has 1 unspecified atom stereocenters. The number of aromatic nitrogens is 1. The lowest BCUT2D eigenvalue weighted by Crippen LogP contribution is -2.30. The molecule has 1 aromatic rings. The van der Waals surface area contributed by atoms with Gasteiger partial charge in [-0.1, -0.05) is 0 Å². The molecule has 1 atom stereocenters. The first-order chi connectivity index (χ1) is 6.34. The van der Waals surface area contributed by atoms with E-state index < -0.39 is 0 Å². The fourth-order valence-electron chi connectivity index (χ4n) is 1.77. The third-order valence-corrected chi connectivity index (χ3v) is 2.59. The Morgan fingerprint density at radius 3 is 3.23 bits per heavy atom. The van der Waals surface area contributed by atoms with Crippen LogP contribution >= 0.6 is 11.6 Å². The third kappa shape index (κ3) is 2.45. The number of piperidine rings is 1. The van der Waals surface area contributed by atoms with Crippen LogP contribution in [-0.4, -0.2) is 18.1 Å². The van der Waals surface area contributed by atoms with Crippen molar-refractivity contribution < 1.29 is 4.42 Å². The zero-order valence-corrected chi connectivity index (χ0v) is 8.18. The van der Waals surface area contributed by atoms with Gasteiger partial charge in [0.1, 0.15) is 6.26 Å². The average molecular weight is 201 g/mol. The molecule has 72 valence electrons. The lowest BCUT2D eigenvalue weighted by atomic mass is 9.95. The second-order valence-corrected chi connectivity index (χ2v) is 3.83. The number of nitrogens with zero attached hydrogens (tertiary/aromatic N) is 1. The minimum atomic E-state index is 0.249. The maximum atomic E-state index is 5.58. The van der Waals surface area contributed by atoms with Crippen molar-refractivity contribution in [3.63, 3.8) is 0 Å². The summed E-state index contributed by atoms with van der Waals surface area (Å²) in [7, 11) is 0. The molecule has 0 spiro atoms. The molecule has 1 fully saturated rings. The van der Waals surface area contributed by atoms with Crippen molar-refractivity contribution in [2.75, 3.05) is 13.1 Å². The van der Waals surface area contributed by atoms with Gasteiger partial charge in [0.05, 0.1) is 5.69 Å². The highest BCUT2D eigenvalue weighted by atomic mass is 35.5. The molecule has 1 aliphatic heterocycles. The van der Waals surface area contributed by atoms with Crippen LogP contribution in [0.15, 0.2) is 10.7 Å². The molecule has 0 radical (unpaired) electrons. The number of hydrogen-bond acceptors (Lipinski definition) is 3. The molecule has 2 heterocycles. The van der Waals surface area contributed by atoms with Crippen LogP contribution in [-0.2, 0) is 6.42 Å². The van der Waals surface area contributed by atoms with Crippen LogP contribution in [0.3, 0.4) is 0 Å². The lowest BCUT2D eigenvalue weighted by molar-refractivity contribution is 0.373. The first-order valence-corrected chi connectivity index (χ1v) is 5.03. The van der Waals surface area contributed by atoms with Gasteiger partial charge < -0.3 is 9.73 Å². The quantitative estimate of drug-likeness (QED) is 0.792. The van der Waals surface area contributed by atoms with Crippen molar-refractivity contribution in [2.24, 2.45) is 5.92 Å². The highest BCUT2D eigenvalue weighted by Gasteiger charge is 2.15. The van der Waals surface area contributed by atoms with Crippen LogP contribution in [0.25, 0.3) is 0 Å². The van der Waals surface area contributed by atoms with E-state index in [1.807, 2.05) is 0 Å². The van der Waals surface area contributed by atoms with E-state index in [1.165, 1.54) is 12.8 Å². The van der Waals surface area contributed by atoms with Crippen LogP contribution < -0.4 is 5.32 Å². The second-order valence-electron chi connectivity index (χ2n) is 3.51. The zero-order valence-electron chi connectivity index (χ0n) is 7.42. The zero-order chi connectivity index (χ0) is 9.10. The largest absolute Gasteiger partial charge is 0.436 e. The summed E-state index contributed by atoms with van der Waals surface area (Å²) in [6.07, 6.45) is 5.16. The summed E-state index contributed by atoms with van der Waals surface area (Å²) in [5.74, 6) is 0.690. The molecule has 1 saturated heterocycles. The first kappa shape index (κ1) is 9.03. The molecule has 1 aliphatic rings. The van der Waals surface area contributed by atoms with E-state index in [0.29, 0.717) is 5.92 Å². The van der Waals surface area contributed by atoms with Gasteiger partial charge in [-0.2, -0.15) is 0 Å². The molecule has 2 rings (SSSR count). The van der Waals surface area contributed by atoms with Crippen molar-refractivity contribution in [2.45, 2.75) is 19.3 Å². The highest BCUT2D eigenvalue weighted by Crippen LogP contribution is 2.17. The number of hydrogen-bond donors (Lipinski definition) is 1. The smallest absolute Gasteiger partial charge is 0.292 e. The average Bonchev–Trinajstić information content (AvgIpc) is 2.53. The Hall–Kier alpha value is -0.540. The lowest BCUT2D eigenvalue weighted by Gasteiger charge is -2.21. The monoisotopic (exact) mass is 200 g/mol. The molecule has 1 aromatic heterocycles. The fraction of sp³-hybridized carbons (Fsp3) is 0.667. The van der Waals surface area contributed by atoms with Gasteiger partial charge in [-0.25, -0.2) is 4.98 Å². The van der Waals surface area contributed by atoms with Crippen LogP contribution in [0.5, 0.6) is 0 Å². The van der Waals surface area contributed by atoms with Crippen LogP contribution in [0, 0.1) is 5.92 Å². The Bertz CT molecular complexity index is 268. The van der Waals surface area contributed by atoms with Crippen molar-refractivity contribution in [1.82, 2.24) is 10.3 Å². The normalized spacial score (nSPS) is 23.3. The van der Waals surface area contributed by atoms with Gasteiger partial charge in [-0.3, -0.25) is 0 Å². The van der Waals surface area contributed by atoms with E-state index in [-0.39, 0.29) is 5.35 Å². The molecule has 0 aromatic carbocycles. The first-order valence-electron chi connectivity index (χ1n) is 4.65. The predicted molar refractivity (Wildman–Crippen MR) is 50.8 cm³/mol. The van der Waals surface area contributed by atoms with Crippen molar-refractivity contribution >= 4 is 11.6 Å². The van der Waals surface area contributed by atoms with E-state index in [2.05, 4.69) is 10.3 Å².